The van der Waals surface area contributed by atoms with Crippen LogP contribution in [-0.2, 0) is 9.53 Å². The van der Waals surface area contributed by atoms with Gasteiger partial charge in [-0.15, -0.1) is 5.54 Å². The van der Waals surface area contributed by atoms with E-state index in [2.05, 4.69) is 31.1 Å². The van der Waals surface area contributed by atoms with Gasteiger partial charge in [0.2, 0.25) is 0 Å². The van der Waals surface area contributed by atoms with Crippen molar-refractivity contribution < 1.29 is 19.7 Å². The molecular weight excluding hydrogens is 236 g/mol. The quantitative estimate of drug-likeness (QED) is 0.437. The van der Waals surface area contributed by atoms with Crippen LogP contribution >= 0.6 is 0 Å². The van der Waals surface area contributed by atoms with Crippen molar-refractivity contribution in [2.24, 2.45) is 0 Å². The van der Waals surface area contributed by atoms with Crippen molar-refractivity contribution in [3.05, 3.63) is 0 Å². The Kier molecular flexibility index (Phi) is 7.12. The molecule has 0 spiro atoms. The molecule has 0 saturated carbocycles. The Bertz CT molecular complexity index is 298. The smallest absolute Gasteiger partial charge is 0.308 e. The maximum atomic E-state index is 11.1. The Labute approximate surface area is 104 Å². The molecule has 0 amide bonds. The summed E-state index contributed by atoms with van der Waals surface area (Å²) in [5.41, 5.74) is 3.02. The Morgan fingerprint density at radius 3 is 2.41 bits per heavy atom. The summed E-state index contributed by atoms with van der Waals surface area (Å²) in [6.07, 6.45) is -1.80. The molecule has 0 saturated heterocycles. The summed E-state index contributed by atoms with van der Waals surface area (Å²) >= 11 is 0. The lowest BCUT2D eigenvalue weighted by molar-refractivity contribution is -0.145. The van der Waals surface area contributed by atoms with Crippen LogP contribution in [0.25, 0.3) is 0 Å². The number of esters is 1. The molecular formula is C12H22O4Si. The molecule has 0 rings (SSSR count). The molecule has 0 heterocycles. The summed E-state index contributed by atoms with van der Waals surface area (Å²) in [4.78, 5) is 11.1. The fraction of sp³-hybridized carbons (Fsp3) is 0.750. The summed E-state index contributed by atoms with van der Waals surface area (Å²) in [6.45, 7) is 8.22. The van der Waals surface area contributed by atoms with E-state index in [4.69, 9.17) is 4.74 Å². The molecule has 2 atom stereocenters. The van der Waals surface area contributed by atoms with E-state index in [1.54, 1.807) is 6.92 Å². The maximum Gasteiger partial charge on any atom is 0.308 e. The van der Waals surface area contributed by atoms with Crippen molar-refractivity contribution in [1.82, 2.24) is 0 Å². The van der Waals surface area contributed by atoms with Gasteiger partial charge in [0.1, 0.15) is 14.2 Å². The fourth-order valence-electron chi connectivity index (χ4n) is 1.11. The van der Waals surface area contributed by atoms with Gasteiger partial charge in [0.25, 0.3) is 0 Å². The molecule has 0 aromatic rings. The van der Waals surface area contributed by atoms with Gasteiger partial charge >= 0.3 is 5.97 Å². The van der Waals surface area contributed by atoms with Gasteiger partial charge in [0.15, 0.2) is 0 Å². The highest BCUT2D eigenvalue weighted by molar-refractivity contribution is 6.83. The molecule has 17 heavy (non-hydrogen) atoms. The number of carbonyl (C=O) groups excluding carboxylic acids is 1. The van der Waals surface area contributed by atoms with Crippen LogP contribution in [0.3, 0.4) is 0 Å². The van der Waals surface area contributed by atoms with E-state index in [9.17, 15) is 15.0 Å². The topological polar surface area (TPSA) is 66.8 Å². The van der Waals surface area contributed by atoms with E-state index in [-0.39, 0.29) is 12.8 Å². The first kappa shape index (κ1) is 16.2. The SMILES string of the molecule is CCOC(=O)C[C@H](O)C[C@H](O)C#C[Si](C)(C)C. The molecule has 0 unspecified atom stereocenters. The van der Waals surface area contributed by atoms with E-state index >= 15 is 0 Å². The molecule has 98 valence electrons. The van der Waals surface area contributed by atoms with Gasteiger partial charge in [-0.1, -0.05) is 25.6 Å². The van der Waals surface area contributed by atoms with Crippen molar-refractivity contribution in [2.75, 3.05) is 6.61 Å². The summed E-state index contributed by atoms with van der Waals surface area (Å²) in [7, 11) is -1.51. The molecule has 0 aliphatic carbocycles. The average molecular weight is 258 g/mol. The van der Waals surface area contributed by atoms with E-state index in [1.807, 2.05) is 0 Å². The Hall–Kier alpha value is -0.833. The monoisotopic (exact) mass is 258 g/mol. The first-order chi connectivity index (χ1) is 7.74. The Morgan fingerprint density at radius 1 is 1.35 bits per heavy atom. The molecule has 0 aliphatic rings. The third-order valence-corrected chi connectivity index (χ3v) is 2.71. The largest absolute Gasteiger partial charge is 0.466 e. The van der Waals surface area contributed by atoms with E-state index in [0.717, 1.165) is 0 Å². The van der Waals surface area contributed by atoms with Crippen molar-refractivity contribution >= 4 is 14.0 Å². The third kappa shape index (κ3) is 10.1. The normalized spacial score (nSPS) is 14.5. The van der Waals surface area contributed by atoms with Crippen LogP contribution in [0.2, 0.25) is 19.6 Å². The summed E-state index contributed by atoms with van der Waals surface area (Å²) in [5, 5.41) is 19.1. The Balaban J connectivity index is 4.07. The molecule has 0 bridgehead atoms. The molecule has 0 aromatic heterocycles. The lowest BCUT2D eigenvalue weighted by Gasteiger charge is -2.11. The van der Waals surface area contributed by atoms with Crippen LogP contribution in [0, 0.1) is 11.5 Å². The van der Waals surface area contributed by atoms with Gasteiger partial charge in [-0.05, 0) is 6.92 Å². The van der Waals surface area contributed by atoms with Crippen molar-refractivity contribution in [2.45, 2.75) is 51.6 Å². The van der Waals surface area contributed by atoms with Gasteiger partial charge in [-0.25, -0.2) is 0 Å². The number of hydrogen-bond donors (Lipinski definition) is 2. The lowest BCUT2D eigenvalue weighted by atomic mass is 10.1. The summed E-state index contributed by atoms with van der Waals surface area (Å²) in [5.74, 6) is 2.26. The third-order valence-electron chi connectivity index (χ3n) is 1.82. The minimum atomic E-state index is -1.51. The number of rotatable bonds is 5. The number of hydrogen-bond acceptors (Lipinski definition) is 4. The number of aliphatic hydroxyl groups excluding tert-OH is 2. The van der Waals surface area contributed by atoms with Crippen molar-refractivity contribution in [3.8, 4) is 11.5 Å². The van der Waals surface area contributed by atoms with Crippen LogP contribution in [0.4, 0.5) is 0 Å². The van der Waals surface area contributed by atoms with Crippen LogP contribution in [-0.4, -0.2) is 43.1 Å². The van der Waals surface area contributed by atoms with Crippen molar-refractivity contribution in [3.63, 3.8) is 0 Å². The number of ether oxygens (including phenoxy) is 1. The van der Waals surface area contributed by atoms with E-state index in [1.165, 1.54) is 0 Å². The maximum absolute atomic E-state index is 11.1. The van der Waals surface area contributed by atoms with Crippen LogP contribution < -0.4 is 0 Å². The van der Waals surface area contributed by atoms with Crippen LogP contribution in [0.15, 0.2) is 0 Å². The minimum Gasteiger partial charge on any atom is -0.466 e. The van der Waals surface area contributed by atoms with Gasteiger partial charge in [-0.3, -0.25) is 4.79 Å². The predicted octanol–water partition coefficient (Wildman–Crippen LogP) is 0.932. The molecule has 0 aliphatic heterocycles. The number of aliphatic hydroxyl groups is 2. The minimum absolute atomic E-state index is 0.0797. The van der Waals surface area contributed by atoms with Gasteiger partial charge < -0.3 is 14.9 Å². The second kappa shape index (κ2) is 7.48. The average Bonchev–Trinajstić information content (AvgIpc) is 2.13. The second-order valence-corrected chi connectivity index (χ2v) is 9.68. The highest BCUT2D eigenvalue weighted by atomic mass is 28.3. The summed E-state index contributed by atoms with van der Waals surface area (Å²) in [6, 6.07) is 0. The molecule has 0 radical (unpaired) electrons. The lowest BCUT2D eigenvalue weighted by Crippen LogP contribution is -2.22. The Morgan fingerprint density at radius 2 is 1.94 bits per heavy atom. The molecule has 0 aromatic carbocycles. The van der Waals surface area contributed by atoms with E-state index < -0.39 is 26.3 Å². The van der Waals surface area contributed by atoms with Gasteiger partial charge in [0.05, 0.1) is 19.1 Å². The fourth-order valence-corrected chi connectivity index (χ4v) is 1.71. The summed E-state index contributed by atoms with van der Waals surface area (Å²) < 4.78 is 4.70. The first-order valence-corrected chi connectivity index (χ1v) is 9.29. The molecule has 0 fully saturated rings. The molecule has 5 heteroatoms. The van der Waals surface area contributed by atoms with Gasteiger partial charge in [0, 0.05) is 6.42 Å². The first-order valence-electron chi connectivity index (χ1n) is 5.79. The van der Waals surface area contributed by atoms with Crippen molar-refractivity contribution in [1.29, 1.82) is 0 Å². The van der Waals surface area contributed by atoms with Crippen LogP contribution in [0.1, 0.15) is 19.8 Å². The van der Waals surface area contributed by atoms with Crippen LogP contribution in [0.5, 0.6) is 0 Å². The molecule has 2 N–H and O–H groups in total. The highest BCUT2D eigenvalue weighted by Crippen LogP contribution is 2.04. The number of carbonyl (C=O) groups is 1. The zero-order valence-corrected chi connectivity index (χ0v) is 12.0. The standard InChI is InChI=1S/C12H22O4Si/c1-5-16-12(15)9-11(14)8-10(13)6-7-17(2,3)4/h10-11,13-14H,5,8-9H2,1-4H3/t10-,11-/m1/s1. The molecule has 4 nitrogen and oxygen atoms in total. The predicted molar refractivity (Wildman–Crippen MR) is 69.0 cm³/mol. The van der Waals surface area contributed by atoms with E-state index in [0.29, 0.717) is 6.61 Å². The van der Waals surface area contributed by atoms with Gasteiger partial charge in [-0.2, -0.15) is 0 Å². The zero-order valence-electron chi connectivity index (χ0n) is 11.0. The highest BCUT2D eigenvalue weighted by Gasteiger charge is 2.15. The second-order valence-electron chi connectivity index (χ2n) is 4.93. The zero-order chi connectivity index (χ0) is 13.5.